The molecule has 1 spiro atoms. The van der Waals surface area contributed by atoms with Gasteiger partial charge in [-0.15, -0.1) is 0 Å². The van der Waals surface area contributed by atoms with E-state index in [1.165, 1.54) is 55.4 Å². The molecule has 7 saturated heterocycles. The number of H-pyrrole nitrogens is 1. The Bertz CT molecular complexity index is 5460. The van der Waals surface area contributed by atoms with Gasteiger partial charge < -0.3 is 66.4 Å². The van der Waals surface area contributed by atoms with Crippen LogP contribution in [0.4, 0.5) is 62.6 Å². The van der Waals surface area contributed by atoms with Crippen molar-refractivity contribution in [3.8, 4) is 0 Å². The Hall–Kier alpha value is -11.0. The molecule has 9 aromatic rings. The van der Waals surface area contributed by atoms with Crippen molar-refractivity contribution in [2.75, 3.05) is 128 Å². The molecule has 8 N–H and O–H groups in total. The van der Waals surface area contributed by atoms with E-state index in [-0.39, 0.29) is 87.8 Å². The minimum Gasteiger partial charge on any atom is -0.348 e. The van der Waals surface area contributed by atoms with Crippen LogP contribution in [0.3, 0.4) is 0 Å². The van der Waals surface area contributed by atoms with E-state index in [0.717, 1.165) is 213 Å². The van der Waals surface area contributed by atoms with Gasteiger partial charge in [0.1, 0.15) is 11.9 Å². The molecule has 7 aromatic carbocycles. The van der Waals surface area contributed by atoms with Crippen LogP contribution < -0.4 is 42.2 Å². The number of hydrazine groups is 1. The number of piperazine rings is 1. The molecule has 758 valence electrons. The molecule has 7 aliphatic heterocycles. The van der Waals surface area contributed by atoms with E-state index >= 15 is 0 Å². The summed E-state index contributed by atoms with van der Waals surface area (Å²) in [5.74, 6) is 1.67. The van der Waals surface area contributed by atoms with Crippen molar-refractivity contribution in [3.63, 3.8) is 0 Å². The predicted molar refractivity (Wildman–Crippen MR) is 538 cm³/mol. The molecule has 0 bridgehead atoms. The highest BCUT2D eigenvalue weighted by Crippen LogP contribution is 2.39. The minimum atomic E-state index is -4.48. The van der Waals surface area contributed by atoms with Crippen LogP contribution in [0.2, 0.25) is 10.2 Å². The standard InChI is InChI=1S/C26H35N5O2.C21H31N3O3.C20H27ClF3N3O.C20H21F3N4.C19H21ClN4O2/c1-19-17-30(18-21-11-7-5-8-12-21)16-15-23(19)28(3)26(33)27-24-20(2)29(4)31(25(24)32)22-13-9-6-10-14-22;25-20(22-18-6-10-21(11-7-18)26-14-15-27-21)23-19-8-12-24(13-9-19)16-17-4-2-1-3-5-17;21-17-7-6-15(20(22,23)24)12-18(17)26-19(28)25-16-8-10-27(11-9-16)13-14-4-2-1-3-5-14;21-20(22,23)16-5-3-4-15(12-16)13-26-8-10-27(11-9-26)14-19-24-17-6-1-2-7-18(17)25-19;1-13-5-2-3-6-15(13)18(25)24-11-8-14(9-12-24)22-19(26)23-16-7-4-10-21-17(16)20/h5-14,19-20,23-24H,15-18H2,1-4H3,(H,27,33);1-5,18-19H,6-16H2,(H2,22,23,25);6-7,12,14,16H,1-5,8-11,13H2,(H2,25,26,28);1-7,12H,8-11,13-14H2,(H,24,25);2-7,10,14H,8-9,11-12H2,1H3,(H2,22,23,26). The number of alkyl halides is 6. The highest BCUT2D eigenvalue weighted by atomic mass is 35.5. The predicted octanol–water partition coefficient (Wildman–Crippen LogP) is 18.7. The van der Waals surface area contributed by atoms with Gasteiger partial charge in [0.05, 0.1) is 70.0 Å². The number of halogens is 8. The van der Waals surface area contributed by atoms with Crippen LogP contribution in [0.1, 0.15) is 166 Å². The van der Waals surface area contributed by atoms with Gasteiger partial charge in [0, 0.05) is 174 Å². The summed E-state index contributed by atoms with van der Waals surface area (Å²) in [5.41, 5.74) is 6.91. The van der Waals surface area contributed by atoms with Crippen molar-refractivity contribution in [2.24, 2.45) is 11.8 Å². The van der Waals surface area contributed by atoms with Crippen molar-refractivity contribution in [1.29, 1.82) is 0 Å². The third-order valence-electron chi connectivity index (χ3n) is 28.4. The third-order valence-corrected chi connectivity index (χ3v) is 29.0. The number of pyridine rings is 1. The number of imidazole rings is 1. The summed E-state index contributed by atoms with van der Waals surface area (Å²) in [6.07, 6.45) is 9.08. The number of para-hydroxylation sites is 3. The number of aromatic nitrogens is 3. The van der Waals surface area contributed by atoms with Crippen LogP contribution in [-0.2, 0) is 52.8 Å². The van der Waals surface area contributed by atoms with Crippen LogP contribution >= 0.6 is 23.2 Å². The van der Waals surface area contributed by atoms with Gasteiger partial charge in [0.15, 0.2) is 10.9 Å². The quantitative estimate of drug-likeness (QED) is 0.0260. The van der Waals surface area contributed by atoms with Crippen molar-refractivity contribution < 1.29 is 64.6 Å². The Morgan fingerprint density at radius 3 is 1.62 bits per heavy atom. The van der Waals surface area contributed by atoms with Crippen LogP contribution in [0.15, 0.2) is 200 Å². The first-order valence-electron chi connectivity index (χ1n) is 49.7. The van der Waals surface area contributed by atoms with Gasteiger partial charge in [-0.2, -0.15) is 26.3 Å². The number of aryl methyl sites for hydroxylation is 1. The van der Waals surface area contributed by atoms with Crippen LogP contribution in [0, 0.1) is 18.8 Å². The lowest BCUT2D eigenvalue weighted by molar-refractivity contribution is -0.179. The molecule has 2 saturated carbocycles. The van der Waals surface area contributed by atoms with E-state index in [2.05, 4.69) is 138 Å². The van der Waals surface area contributed by atoms with Gasteiger partial charge in [-0.25, -0.2) is 39.2 Å². The number of hydrogen-bond acceptors (Lipinski definition) is 16. The average molecular weight is 1990 g/mol. The Kier molecular flexibility index (Phi) is 38.1. The van der Waals surface area contributed by atoms with Gasteiger partial charge in [0.25, 0.3) is 11.8 Å². The number of anilines is 3. The smallest absolute Gasteiger partial charge is 0.348 e. The molecule has 18 rings (SSSR count). The summed E-state index contributed by atoms with van der Waals surface area (Å²) in [4.78, 5) is 103. The number of rotatable bonds is 20. The number of likely N-dealkylation sites (N-methyl/N-ethyl adjacent to an activating group) is 1. The minimum absolute atomic E-state index is 0.0198. The van der Waals surface area contributed by atoms with Gasteiger partial charge >= 0.3 is 36.5 Å². The number of nitrogens with zero attached hydrogens (tertiary/aromatic N) is 11. The fourth-order valence-electron chi connectivity index (χ4n) is 20.3. The fraction of sp³-hybridized carbons (Fsp3) is 0.491. The summed E-state index contributed by atoms with van der Waals surface area (Å²) in [6.45, 7) is 22.3. The zero-order valence-corrected chi connectivity index (χ0v) is 82.7. The number of hydrogen-bond donors (Lipinski definition) is 8. The number of carbonyl (C=O) groups is 6. The van der Waals surface area contributed by atoms with E-state index in [1.54, 1.807) is 34.3 Å². The molecule has 0 radical (unpaired) electrons. The third kappa shape index (κ3) is 31.0. The molecular formula is C106H135Cl2F6N19O8. The number of nitrogens with one attached hydrogen (secondary N) is 8. The fourth-order valence-corrected chi connectivity index (χ4v) is 20.6. The van der Waals surface area contributed by atoms with Crippen LogP contribution in [-0.4, -0.2) is 251 Å². The van der Waals surface area contributed by atoms with Gasteiger partial charge in [-0.3, -0.25) is 29.2 Å². The topological polar surface area (TPSA) is 276 Å². The average Bonchev–Trinajstić information content (AvgIpc) is 1.60. The molecule has 10 amide bonds. The maximum absolute atomic E-state index is 13.2. The van der Waals surface area contributed by atoms with E-state index in [9.17, 15) is 55.1 Å². The molecular weight excluding hydrogens is 1850 g/mol. The van der Waals surface area contributed by atoms with Gasteiger partial charge in [-0.1, -0.05) is 177 Å². The highest BCUT2D eigenvalue weighted by molar-refractivity contribution is 6.33. The van der Waals surface area contributed by atoms with E-state index in [0.29, 0.717) is 62.9 Å². The number of urea groups is 4. The number of ether oxygens (including phenoxy) is 2. The summed E-state index contributed by atoms with van der Waals surface area (Å²) in [6, 6.07) is 57.0. The highest BCUT2D eigenvalue weighted by Gasteiger charge is 2.46. The first kappa shape index (κ1) is 106. The lowest BCUT2D eigenvalue weighted by Gasteiger charge is -2.41. The molecule has 141 heavy (non-hydrogen) atoms. The summed E-state index contributed by atoms with van der Waals surface area (Å²) < 4.78 is 88.6. The Balaban J connectivity index is 0.000000141. The summed E-state index contributed by atoms with van der Waals surface area (Å²) in [7, 11) is 3.74. The number of aromatic amines is 1. The number of fused-ring (bicyclic) bond motifs is 1. The maximum Gasteiger partial charge on any atom is 0.416 e. The van der Waals surface area contributed by atoms with Crippen molar-refractivity contribution >= 4 is 87.2 Å². The molecule has 9 aliphatic rings. The van der Waals surface area contributed by atoms with Gasteiger partial charge in [-0.05, 0) is 185 Å². The SMILES string of the molecule is CC1CN(Cc2ccccc2)CCC1N(C)C(=O)NC1C(=O)N(c2ccccc2)N(C)C1C.Cc1ccccc1C(=O)N1CCC(NC(=O)Nc2cccnc2Cl)CC1.FC(F)(F)c1cccc(CN2CCN(Cc3nc4ccccc4[nH]3)CC2)c1.O=C(NC1CCN(Cc2ccccc2)CC1)NC1CCC2(CC1)OCCO2.O=C(Nc1cc(C(F)(F)F)ccc1Cl)NC1CCN(CC2CCCCC2)CC1. The molecule has 35 heteroatoms. The van der Waals surface area contributed by atoms with Crippen LogP contribution in [0.25, 0.3) is 11.0 Å². The molecule has 4 unspecified atom stereocenters. The molecule has 9 heterocycles. The molecule has 27 nitrogen and oxygen atoms in total. The van der Waals surface area contributed by atoms with Crippen molar-refractivity contribution in [3.05, 3.63) is 255 Å². The van der Waals surface area contributed by atoms with E-state index in [4.69, 9.17) is 32.7 Å². The van der Waals surface area contributed by atoms with E-state index < -0.39 is 35.6 Å². The summed E-state index contributed by atoms with van der Waals surface area (Å²) in [5, 5.41) is 24.2. The second-order valence-corrected chi connectivity index (χ2v) is 39.3. The monoisotopic (exact) mass is 1990 g/mol. The normalized spacial score (nSPS) is 20.8. The molecule has 4 atom stereocenters. The van der Waals surface area contributed by atoms with Crippen LogP contribution in [0.5, 0.6) is 0 Å². The first-order chi connectivity index (χ1) is 67.9. The maximum atomic E-state index is 13.2. The molecule has 9 fully saturated rings. The number of piperidine rings is 4. The van der Waals surface area contributed by atoms with E-state index in [1.807, 2.05) is 123 Å². The zero-order chi connectivity index (χ0) is 99.6. The Morgan fingerprint density at radius 2 is 1.02 bits per heavy atom. The molecule has 2 aliphatic carbocycles. The number of carbonyl (C=O) groups excluding carboxylic acids is 6. The first-order valence-corrected chi connectivity index (χ1v) is 50.4. The second-order valence-electron chi connectivity index (χ2n) is 38.6. The number of likely N-dealkylation sites (tertiary alicyclic amines) is 4. The van der Waals surface area contributed by atoms with Crippen molar-refractivity contribution in [1.82, 2.24) is 80.8 Å². The van der Waals surface area contributed by atoms with Gasteiger partial charge in [0.2, 0.25) is 0 Å². The number of benzene rings is 7. The largest absolute Gasteiger partial charge is 0.416 e. The summed E-state index contributed by atoms with van der Waals surface area (Å²) >= 11 is 11.9. The zero-order valence-electron chi connectivity index (χ0n) is 81.2. The Morgan fingerprint density at radius 1 is 0.511 bits per heavy atom. The second kappa shape index (κ2) is 50.8. The molecule has 2 aromatic heterocycles. The number of amides is 10. The Labute approximate surface area is 833 Å². The lowest BCUT2D eigenvalue weighted by atomic mass is 9.88. The van der Waals surface area contributed by atoms with Crippen molar-refractivity contribution in [2.45, 2.75) is 210 Å². The lowest BCUT2D eigenvalue weighted by Crippen LogP contribution is -2.56.